The quantitative estimate of drug-likeness (QED) is 0.796. The lowest BCUT2D eigenvalue weighted by molar-refractivity contribution is 0.269. The lowest BCUT2D eigenvalue weighted by Gasteiger charge is -2.26. The van der Waals surface area contributed by atoms with Gasteiger partial charge in [0, 0.05) is 6.61 Å². The van der Waals surface area contributed by atoms with Crippen molar-refractivity contribution in [3.63, 3.8) is 0 Å². The maximum absolute atomic E-state index is 9.46. The Labute approximate surface area is 97.5 Å². The van der Waals surface area contributed by atoms with Crippen LogP contribution in [-0.2, 0) is 5.41 Å². The highest BCUT2D eigenvalue weighted by Crippen LogP contribution is 2.33. The third-order valence-corrected chi connectivity index (χ3v) is 2.98. The standard InChI is InChI=1S/C14H19NO/c1-2-9-14(12-15,10-6-11-16)13-7-4-3-5-8-13/h3-5,7-8,16H,2,6,9-11H2,1H3. The summed E-state index contributed by atoms with van der Waals surface area (Å²) in [6, 6.07) is 12.4. The van der Waals surface area contributed by atoms with E-state index in [1.165, 1.54) is 0 Å². The van der Waals surface area contributed by atoms with E-state index in [1.54, 1.807) is 0 Å². The molecule has 1 aromatic rings. The van der Waals surface area contributed by atoms with E-state index in [4.69, 9.17) is 5.11 Å². The molecule has 1 atom stereocenters. The van der Waals surface area contributed by atoms with Crippen molar-refractivity contribution in [2.24, 2.45) is 0 Å². The van der Waals surface area contributed by atoms with Gasteiger partial charge in [0.05, 0.1) is 11.5 Å². The van der Waals surface area contributed by atoms with Gasteiger partial charge in [0.1, 0.15) is 0 Å². The molecule has 0 aliphatic rings. The summed E-state index contributed by atoms with van der Waals surface area (Å²) in [5.41, 5.74) is 0.659. The number of nitrogens with zero attached hydrogens (tertiary/aromatic N) is 1. The number of benzene rings is 1. The van der Waals surface area contributed by atoms with Crippen LogP contribution in [0.15, 0.2) is 30.3 Å². The highest BCUT2D eigenvalue weighted by Gasteiger charge is 2.30. The largest absolute Gasteiger partial charge is 0.396 e. The summed E-state index contributed by atoms with van der Waals surface area (Å²) in [4.78, 5) is 0. The predicted octanol–water partition coefficient (Wildman–Crippen LogP) is 3.02. The van der Waals surface area contributed by atoms with Gasteiger partial charge in [0.25, 0.3) is 0 Å². The summed E-state index contributed by atoms with van der Waals surface area (Å²) in [7, 11) is 0. The van der Waals surface area contributed by atoms with Crippen molar-refractivity contribution in [1.82, 2.24) is 0 Å². The van der Waals surface area contributed by atoms with Crippen LogP contribution >= 0.6 is 0 Å². The zero-order valence-electron chi connectivity index (χ0n) is 9.82. The Bertz CT molecular complexity index is 342. The summed E-state index contributed by atoms with van der Waals surface area (Å²) in [5, 5.41) is 18.4. The molecule has 0 bridgehead atoms. The lowest BCUT2D eigenvalue weighted by atomic mass is 9.75. The molecule has 0 amide bonds. The normalized spacial score (nSPS) is 14.1. The molecule has 0 aromatic heterocycles. The molecule has 0 radical (unpaired) electrons. The van der Waals surface area contributed by atoms with E-state index in [2.05, 4.69) is 13.0 Å². The lowest BCUT2D eigenvalue weighted by Crippen LogP contribution is -2.24. The molecule has 0 saturated heterocycles. The minimum Gasteiger partial charge on any atom is -0.396 e. The van der Waals surface area contributed by atoms with E-state index in [0.29, 0.717) is 6.42 Å². The van der Waals surface area contributed by atoms with E-state index >= 15 is 0 Å². The molecule has 86 valence electrons. The molecule has 0 aliphatic carbocycles. The number of aliphatic hydroxyl groups excluding tert-OH is 1. The molecule has 16 heavy (non-hydrogen) atoms. The molecule has 2 nitrogen and oxygen atoms in total. The monoisotopic (exact) mass is 217 g/mol. The number of hydrogen-bond acceptors (Lipinski definition) is 2. The molecular weight excluding hydrogens is 198 g/mol. The summed E-state index contributed by atoms with van der Waals surface area (Å²) in [5.74, 6) is 0. The van der Waals surface area contributed by atoms with Crippen molar-refractivity contribution in [3.8, 4) is 6.07 Å². The van der Waals surface area contributed by atoms with Crippen LogP contribution in [0.25, 0.3) is 0 Å². The summed E-state index contributed by atoms with van der Waals surface area (Å²) in [6.45, 7) is 2.24. The van der Waals surface area contributed by atoms with Crippen molar-refractivity contribution in [1.29, 1.82) is 5.26 Å². The zero-order valence-corrected chi connectivity index (χ0v) is 9.82. The van der Waals surface area contributed by atoms with E-state index in [-0.39, 0.29) is 6.61 Å². The van der Waals surface area contributed by atoms with Gasteiger partial charge in [0.15, 0.2) is 0 Å². The Kier molecular flexibility index (Phi) is 5.01. The van der Waals surface area contributed by atoms with E-state index in [1.807, 2.05) is 30.3 Å². The van der Waals surface area contributed by atoms with E-state index in [9.17, 15) is 5.26 Å². The number of hydrogen-bond donors (Lipinski definition) is 1. The molecule has 0 fully saturated rings. The fourth-order valence-corrected chi connectivity index (χ4v) is 2.15. The first kappa shape index (κ1) is 12.7. The van der Waals surface area contributed by atoms with Gasteiger partial charge in [-0.15, -0.1) is 0 Å². The molecule has 0 saturated carbocycles. The number of nitriles is 1. The second kappa shape index (κ2) is 6.30. The van der Waals surface area contributed by atoms with Crippen LogP contribution in [0.1, 0.15) is 38.2 Å². The van der Waals surface area contributed by atoms with Gasteiger partial charge in [0.2, 0.25) is 0 Å². The average Bonchev–Trinajstić information content (AvgIpc) is 2.36. The van der Waals surface area contributed by atoms with Crippen LogP contribution in [-0.4, -0.2) is 11.7 Å². The van der Waals surface area contributed by atoms with Crippen molar-refractivity contribution in [3.05, 3.63) is 35.9 Å². The first-order valence-electron chi connectivity index (χ1n) is 5.86. The zero-order chi connectivity index (χ0) is 11.9. The first-order valence-corrected chi connectivity index (χ1v) is 5.86. The first-order chi connectivity index (χ1) is 7.79. The Morgan fingerprint density at radius 1 is 1.25 bits per heavy atom. The van der Waals surface area contributed by atoms with Gasteiger partial charge in [-0.25, -0.2) is 0 Å². The second-order valence-electron chi connectivity index (χ2n) is 4.14. The maximum Gasteiger partial charge on any atom is 0.0823 e. The molecule has 0 spiro atoms. The van der Waals surface area contributed by atoms with Gasteiger partial charge >= 0.3 is 0 Å². The van der Waals surface area contributed by atoms with E-state index in [0.717, 1.165) is 24.8 Å². The van der Waals surface area contributed by atoms with Gasteiger partial charge in [-0.1, -0.05) is 43.7 Å². The number of rotatable bonds is 6. The fourth-order valence-electron chi connectivity index (χ4n) is 2.15. The minimum atomic E-state index is -0.418. The van der Waals surface area contributed by atoms with Crippen LogP contribution < -0.4 is 0 Å². The predicted molar refractivity (Wildman–Crippen MR) is 65.0 cm³/mol. The summed E-state index contributed by atoms with van der Waals surface area (Å²) < 4.78 is 0. The van der Waals surface area contributed by atoms with Gasteiger partial charge in [-0.3, -0.25) is 0 Å². The molecule has 1 unspecified atom stereocenters. The van der Waals surface area contributed by atoms with Crippen molar-refractivity contribution in [2.45, 2.75) is 38.0 Å². The van der Waals surface area contributed by atoms with Gasteiger partial charge in [-0.2, -0.15) is 5.26 Å². The molecule has 1 rings (SSSR count). The number of aliphatic hydroxyl groups is 1. The van der Waals surface area contributed by atoms with Crippen LogP contribution in [0, 0.1) is 11.3 Å². The molecule has 0 heterocycles. The van der Waals surface area contributed by atoms with Gasteiger partial charge < -0.3 is 5.11 Å². The molecule has 2 heteroatoms. The Morgan fingerprint density at radius 2 is 1.94 bits per heavy atom. The summed E-state index contributed by atoms with van der Waals surface area (Å²) >= 11 is 0. The second-order valence-corrected chi connectivity index (χ2v) is 4.14. The van der Waals surface area contributed by atoms with Crippen LogP contribution in [0.2, 0.25) is 0 Å². The highest BCUT2D eigenvalue weighted by molar-refractivity contribution is 5.32. The van der Waals surface area contributed by atoms with Gasteiger partial charge in [-0.05, 0) is 24.8 Å². The third kappa shape index (κ3) is 2.84. The van der Waals surface area contributed by atoms with Crippen molar-refractivity contribution in [2.75, 3.05) is 6.61 Å². The van der Waals surface area contributed by atoms with Crippen LogP contribution in [0.4, 0.5) is 0 Å². The highest BCUT2D eigenvalue weighted by atomic mass is 16.2. The molecular formula is C14H19NO. The van der Waals surface area contributed by atoms with Crippen LogP contribution in [0.3, 0.4) is 0 Å². The molecule has 1 N–H and O–H groups in total. The van der Waals surface area contributed by atoms with E-state index < -0.39 is 5.41 Å². The maximum atomic E-state index is 9.46. The Hall–Kier alpha value is -1.33. The Balaban J connectivity index is 2.98. The van der Waals surface area contributed by atoms with Crippen LogP contribution in [0.5, 0.6) is 0 Å². The molecule has 1 aromatic carbocycles. The average molecular weight is 217 g/mol. The minimum absolute atomic E-state index is 0.153. The van der Waals surface area contributed by atoms with Crippen molar-refractivity contribution < 1.29 is 5.11 Å². The Morgan fingerprint density at radius 3 is 2.44 bits per heavy atom. The summed E-state index contributed by atoms with van der Waals surface area (Å²) in [6.07, 6.45) is 3.25. The third-order valence-electron chi connectivity index (χ3n) is 2.98. The van der Waals surface area contributed by atoms with Crippen molar-refractivity contribution >= 4 is 0 Å². The smallest absolute Gasteiger partial charge is 0.0823 e. The topological polar surface area (TPSA) is 44.0 Å². The SMILES string of the molecule is CCCC(C#N)(CCCO)c1ccccc1. The fraction of sp³-hybridized carbons (Fsp3) is 0.500. The molecule has 0 aliphatic heterocycles.